The second-order valence-electron chi connectivity index (χ2n) is 5.20. The highest BCUT2D eigenvalue weighted by atomic mass is 32.1. The third kappa shape index (κ3) is 3.78. The van der Waals surface area contributed by atoms with Crippen molar-refractivity contribution in [1.29, 1.82) is 0 Å². The van der Waals surface area contributed by atoms with Gasteiger partial charge in [0.25, 0.3) is 5.56 Å². The molecule has 1 aliphatic rings. The molecule has 0 aromatic carbocycles. The van der Waals surface area contributed by atoms with Gasteiger partial charge < -0.3 is 5.32 Å². The van der Waals surface area contributed by atoms with Gasteiger partial charge in [-0.25, -0.2) is 4.68 Å². The number of nitrogens with zero attached hydrogens (tertiary/aromatic N) is 2. The fraction of sp³-hybridized carbons (Fsp3) is 0.400. The van der Waals surface area contributed by atoms with Crippen LogP contribution in [0.1, 0.15) is 25.7 Å². The lowest BCUT2D eigenvalue weighted by Crippen LogP contribution is -2.27. The van der Waals surface area contributed by atoms with Crippen LogP contribution < -0.4 is 10.9 Å². The van der Waals surface area contributed by atoms with E-state index in [-0.39, 0.29) is 11.5 Å². The Morgan fingerprint density at radius 2 is 2.24 bits per heavy atom. The number of thiophene rings is 1. The van der Waals surface area contributed by atoms with E-state index < -0.39 is 0 Å². The van der Waals surface area contributed by atoms with Gasteiger partial charge in [-0.1, -0.05) is 6.07 Å². The van der Waals surface area contributed by atoms with E-state index in [1.54, 1.807) is 17.4 Å². The van der Waals surface area contributed by atoms with E-state index in [0.29, 0.717) is 25.4 Å². The minimum atomic E-state index is -0.127. The lowest BCUT2D eigenvalue weighted by atomic mass is 10.3. The molecular weight excluding hydrogens is 286 g/mol. The summed E-state index contributed by atoms with van der Waals surface area (Å²) in [5.74, 6) is 0.0694. The van der Waals surface area contributed by atoms with Crippen LogP contribution in [0.3, 0.4) is 0 Å². The number of aryl methyl sites for hydroxylation is 1. The molecule has 3 rings (SSSR count). The number of rotatable bonds is 6. The fourth-order valence-corrected chi connectivity index (χ4v) is 2.77. The monoisotopic (exact) mass is 303 g/mol. The first-order valence-corrected chi connectivity index (χ1v) is 8.02. The Morgan fingerprint density at radius 3 is 2.95 bits per heavy atom. The smallest absolute Gasteiger partial charge is 0.266 e. The normalized spacial score (nSPS) is 14.1. The van der Waals surface area contributed by atoms with Crippen molar-refractivity contribution in [1.82, 2.24) is 15.1 Å². The van der Waals surface area contributed by atoms with Crippen molar-refractivity contribution in [2.45, 2.75) is 38.3 Å². The third-order valence-corrected chi connectivity index (χ3v) is 4.25. The maximum atomic E-state index is 11.8. The van der Waals surface area contributed by atoms with Crippen molar-refractivity contribution in [2.75, 3.05) is 0 Å². The van der Waals surface area contributed by atoms with Gasteiger partial charge in [0.2, 0.25) is 5.91 Å². The molecule has 1 saturated carbocycles. The Balaban J connectivity index is 1.60. The lowest BCUT2D eigenvalue weighted by molar-refractivity contribution is -0.121. The second-order valence-corrected chi connectivity index (χ2v) is 6.15. The zero-order chi connectivity index (χ0) is 14.7. The molecule has 21 heavy (non-hydrogen) atoms. The first-order chi connectivity index (χ1) is 10.2. The SMILES string of the molecule is O=C(CCCn1nc(-c2cccs2)ccc1=O)NC1CC1. The van der Waals surface area contributed by atoms with Crippen LogP contribution in [0.2, 0.25) is 0 Å². The van der Waals surface area contributed by atoms with Crippen LogP contribution in [-0.4, -0.2) is 21.7 Å². The zero-order valence-corrected chi connectivity index (χ0v) is 12.4. The van der Waals surface area contributed by atoms with Crippen LogP contribution in [0.25, 0.3) is 10.6 Å². The van der Waals surface area contributed by atoms with Crippen molar-refractivity contribution in [3.8, 4) is 10.6 Å². The molecule has 0 bridgehead atoms. The molecule has 2 heterocycles. The highest BCUT2D eigenvalue weighted by molar-refractivity contribution is 7.13. The zero-order valence-electron chi connectivity index (χ0n) is 11.6. The Bertz CT molecular complexity index is 674. The molecular formula is C15H17N3O2S. The summed E-state index contributed by atoms with van der Waals surface area (Å²) in [5, 5.41) is 9.29. The van der Waals surface area contributed by atoms with E-state index in [9.17, 15) is 9.59 Å². The van der Waals surface area contributed by atoms with Crippen LogP contribution >= 0.6 is 11.3 Å². The second kappa shape index (κ2) is 6.22. The van der Waals surface area contributed by atoms with Gasteiger partial charge in [-0.2, -0.15) is 5.10 Å². The Morgan fingerprint density at radius 1 is 1.38 bits per heavy atom. The number of hydrogen-bond acceptors (Lipinski definition) is 4. The molecule has 0 spiro atoms. The number of carbonyl (C=O) groups excluding carboxylic acids is 1. The Kier molecular flexibility index (Phi) is 4.15. The molecule has 0 atom stereocenters. The molecule has 1 fully saturated rings. The first-order valence-electron chi connectivity index (χ1n) is 7.14. The van der Waals surface area contributed by atoms with E-state index in [1.165, 1.54) is 10.7 Å². The van der Waals surface area contributed by atoms with Crippen LogP contribution in [0.15, 0.2) is 34.4 Å². The predicted octanol–water partition coefficient (Wildman–Crippen LogP) is 2.03. The maximum absolute atomic E-state index is 11.8. The molecule has 1 aliphatic carbocycles. The number of nitrogens with one attached hydrogen (secondary N) is 1. The van der Waals surface area contributed by atoms with Crippen LogP contribution in [0.4, 0.5) is 0 Å². The average molecular weight is 303 g/mol. The third-order valence-electron chi connectivity index (χ3n) is 3.36. The summed E-state index contributed by atoms with van der Waals surface area (Å²) in [5.41, 5.74) is 0.671. The highest BCUT2D eigenvalue weighted by Gasteiger charge is 2.22. The van der Waals surface area contributed by atoms with Crippen LogP contribution in [0, 0.1) is 0 Å². The van der Waals surface area contributed by atoms with Crippen molar-refractivity contribution in [2.24, 2.45) is 0 Å². The minimum absolute atomic E-state index is 0.0694. The molecule has 5 nitrogen and oxygen atoms in total. The van der Waals surface area contributed by atoms with Gasteiger partial charge in [0.1, 0.15) is 5.69 Å². The number of carbonyl (C=O) groups is 1. The molecule has 0 unspecified atom stereocenters. The first kappa shape index (κ1) is 14.0. The molecule has 1 amide bonds. The van der Waals surface area contributed by atoms with E-state index >= 15 is 0 Å². The molecule has 1 N–H and O–H groups in total. The van der Waals surface area contributed by atoms with E-state index in [1.807, 2.05) is 17.5 Å². The predicted molar refractivity (Wildman–Crippen MR) is 82.2 cm³/mol. The summed E-state index contributed by atoms with van der Waals surface area (Å²) < 4.78 is 1.44. The molecule has 0 aliphatic heterocycles. The van der Waals surface area contributed by atoms with Crippen molar-refractivity contribution >= 4 is 17.2 Å². The molecule has 2 aromatic heterocycles. The van der Waals surface area contributed by atoms with Gasteiger partial charge in [0.15, 0.2) is 0 Å². The van der Waals surface area contributed by atoms with E-state index in [0.717, 1.165) is 23.4 Å². The summed E-state index contributed by atoms with van der Waals surface area (Å²) in [6.07, 6.45) is 3.25. The fourth-order valence-electron chi connectivity index (χ4n) is 2.08. The van der Waals surface area contributed by atoms with Crippen molar-refractivity contribution in [3.63, 3.8) is 0 Å². The summed E-state index contributed by atoms with van der Waals surface area (Å²) >= 11 is 1.59. The Labute approximate surface area is 126 Å². The molecule has 110 valence electrons. The number of amides is 1. The van der Waals surface area contributed by atoms with Gasteiger partial charge in [-0.15, -0.1) is 11.3 Å². The quantitative estimate of drug-likeness (QED) is 0.888. The topological polar surface area (TPSA) is 64.0 Å². The largest absolute Gasteiger partial charge is 0.353 e. The highest BCUT2D eigenvalue weighted by Crippen LogP contribution is 2.21. The van der Waals surface area contributed by atoms with Crippen molar-refractivity contribution < 1.29 is 4.79 Å². The van der Waals surface area contributed by atoms with Gasteiger partial charge >= 0.3 is 0 Å². The molecule has 0 radical (unpaired) electrons. The maximum Gasteiger partial charge on any atom is 0.266 e. The summed E-state index contributed by atoms with van der Waals surface area (Å²) in [6, 6.07) is 7.60. The van der Waals surface area contributed by atoms with Gasteiger partial charge in [0.05, 0.1) is 4.88 Å². The summed E-state index contributed by atoms with van der Waals surface area (Å²) in [7, 11) is 0. The minimum Gasteiger partial charge on any atom is -0.353 e. The lowest BCUT2D eigenvalue weighted by Gasteiger charge is -2.06. The van der Waals surface area contributed by atoms with Crippen molar-refractivity contribution in [3.05, 3.63) is 40.0 Å². The van der Waals surface area contributed by atoms with Crippen LogP contribution in [0.5, 0.6) is 0 Å². The van der Waals surface area contributed by atoms with Gasteiger partial charge in [0, 0.05) is 25.1 Å². The standard InChI is InChI=1S/C15H17N3O2S/c19-14(16-11-5-6-11)4-1-9-18-15(20)8-7-12(17-18)13-3-2-10-21-13/h2-3,7-8,10-11H,1,4-6,9H2,(H,16,19). The number of hydrogen-bond donors (Lipinski definition) is 1. The Hall–Kier alpha value is -1.95. The molecule has 6 heteroatoms. The number of aromatic nitrogens is 2. The summed E-state index contributed by atoms with van der Waals surface area (Å²) in [6.45, 7) is 0.468. The molecule has 0 saturated heterocycles. The average Bonchev–Trinajstić information content (AvgIpc) is 3.11. The van der Waals surface area contributed by atoms with E-state index in [4.69, 9.17) is 0 Å². The van der Waals surface area contributed by atoms with Crippen LogP contribution in [-0.2, 0) is 11.3 Å². The van der Waals surface area contributed by atoms with E-state index in [2.05, 4.69) is 10.4 Å². The van der Waals surface area contributed by atoms with Gasteiger partial charge in [-0.05, 0) is 36.8 Å². The molecule has 2 aromatic rings. The van der Waals surface area contributed by atoms with Gasteiger partial charge in [-0.3, -0.25) is 9.59 Å². The summed E-state index contributed by atoms with van der Waals surface area (Å²) in [4.78, 5) is 24.5.